The van der Waals surface area contributed by atoms with Gasteiger partial charge in [0, 0.05) is 17.3 Å². The SMILES string of the molecule is CCCCOC(=O)c1cc(NC(=O)CN2C(=O)S/C(=C/c3ccc(-c4cccc(Cl)c4Cl)o3)C2=O)ccc1Cl. The maximum atomic E-state index is 12.9. The van der Waals surface area contributed by atoms with Gasteiger partial charge in [-0.3, -0.25) is 19.3 Å². The summed E-state index contributed by atoms with van der Waals surface area (Å²) in [6.07, 6.45) is 2.99. The van der Waals surface area contributed by atoms with E-state index >= 15 is 0 Å². The monoisotopic (exact) mass is 606 g/mol. The second-order valence-corrected chi connectivity index (χ2v) is 10.5. The Balaban J connectivity index is 1.42. The number of carbonyl (C=O) groups excluding carboxylic acids is 4. The molecule has 2 aromatic carbocycles. The molecule has 1 aliphatic heterocycles. The molecule has 0 radical (unpaired) electrons. The molecule has 4 rings (SSSR count). The Morgan fingerprint density at radius 2 is 1.87 bits per heavy atom. The van der Waals surface area contributed by atoms with Crippen molar-refractivity contribution < 1.29 is 28.3 Å². The zero-order chi connectivity index (χ0) is 28.1. The summed E-state index contributed by atoms with van der Waals surface area (Å²) in [7, 11) is 0. The molecule has 12 heteroatoms. The van der Waals surface area contributed by atoms with Crippen LogP contribution in [-0.4, -0.2) is 41.1 Å². The molecule has 0 saturated carbocycles. The number of halogens is 3. The average molecular weight is 608 g/mol. The first-order valence-corrected chi connectivity index (χ1v) is 13.7. The number of ether oxygens (including phenoxy) is 1. The van der Waals surface area contributed by atoms with E-state index in [-0.39, 0.29) is 27.8 Å². The van der Waals surface area contributed by atoms with Gasteiger partial charge in [-0.2, -0.15) is 0 Å². The lowest BCUT2D eigenvalue weighted by atomic mass is 10.2. The zero-order valence-electron chi connectivity index (χ0n) is 20.5. The van der Waals surface area contributed by atoms with Crippen LogP contribution < -0.4 is 5.32 Å². The van der Waals surface area contributed by atoms with E-state index in [1.54, 1.807) is 30.3 Å². The summed E-state index contributed by atoms with van der Waals surface area (Å²) in [5, 5.41) is 2.83. The summed E-state index contributed by atoms with van der Waals surface area (Å²) in [6.45, 7) is 1.70. The van der Waals surface area contributed by atoms with E-state index in [1.165, 1.54) is 24.3 Å². The van der Waals surface area contributed by atoms with Gasteiger partial charge in [-0.05, 0) is 60.6 Å². The Bertz CT molecular complexity index is 1490. The summed E-state index contributed by atoms with van der Waals surface area (Å²) < 4.78 is 11.0. The van der Waals surface area contributed by atoms with E-state index < -0.39 is 29.6 Å². The quantitative estimate of drug-likeness (QED) is 0.152. The average Bonchev–Trinajstić information content (AvgIpc) is 3.47. The molecule has 0 aliphatic carbocycles. The van der Waals surface area contributed by atoms with E-state index in [0.29, 0.717) is 45.3 Å². The second kappa shape index (κ2) is 12.7. The molecular formula is C27H21Cl3N2O6S. The van der Waals surface area contributed by atoms with Crippen LogP contribution in [0.3, 0.4) is 0 Å². The number of benzene rings is 2. The minimum Gasteiger partial charge on any atom is -0.462 e. The Labute approximate surface area is 243 Å². The zero-order valence-corrected chi connectivity index (χ0v) is 23.5. The predicted octanol–water partition coefficient (Wildman–Crippen LogP) is 7.54. The number of nitrogens with one attached hydrogen (secondary N) is 1. The first-order chi connectivity index (χ1) is 18.7. The van der Waals surface area contributed by atoms with Crippen LogP contribution in [0.25, 0.3) is 17.4 Å². The highest BCUT2D eigenvalue weighted by molar-refractivity contribution is 8.18. The van der Waals surface area contributed by atoms with Crippen molar-refractivity contribution in [3.05, 3.63) is 79.8 Å². The van der Waals surface area contributed by atoms with Gasteiger partial charge in [-0.25, -0.2) is 4.79 Å². The van der Waals surface area contributed by atoms with Crippen LogP contribution in [0.4, 0.5) is 10.5 Å². The maximum absolute atomic E-state index is 12.9. The lowest BCUT2D eigenvalue weighted by Crippen LogP contribution is -2.36. The van der Waals surface area contributed by atoms with E-state index in [0.717, 1.165) is 11.3 Å². The molecule has 1 fully saturated rings. The Morgan fingerprint density at radius 3 is 2.64 bits per heavy atom. The molecule has 0 unspecified atom stereocenters. The van der Waals surface area contributed by atoms with Crippen LogP contribution in [-0.2, 0) is 14.3 Å². The fourth-order valence-electron chi connectivity index (χ4n) is 3.53. The fraction of sp³-hybridized carbons (Fsp3) is 0.185. The molecule has 2 heterocycles. The molecule has 3 aromatic rings. The number of anilines is 1. The van der Waals surface area contributed by atoms with Crippen molar-refractivity contribution in [2.45, 2.75) is 19.8 Å². The number of hydrogen-bond acceptors (Lipinski definition) is 7. The van der Waals surface area contributed by atoms with Gasteiger partial charge >= 0.3 is 5.97 Å². The minimum atomic E-state index is -0.643. The van der Waals surface area contributed by atoms with Gasteiger partial charge in [-0.15, -0.1) is 0 Å². The molecule has 1 N–H and O–H groups in total. The summed E-state index contributed by atoms with van der Waals surface area (Å²) in [6, 6.07) is 12.7. The van der Waals surface area contributed by atoms with Crippen LogP contribution in [0, 0.1) is 0 Å². The van der Waals surface area contributed by atoms with Gasteiger partial charge in [0.05, 0.1) is 32.1 Å². The van der Waals surface area contributed by atoms with Gasteiger partial charge in [0.1, 0.15) is 18.1 Å². The number of esters is 1. The van der Waals surface area contributed by atoms with Crippen molar-refractivity contribution in [1.82, 2.24) is 4.90 Å². The van der Waals surface area contributed by atoms with Crippen molar-refractivity contribution in [3.8, 4) is 11.3 Å². The number of imide groups is 1. The van der Waals surface area contributed by atoms with Gasteiger partial charge < -0.3 is 14.5 Å². The summed E-state index contributed by atoms with van der Waals surface area (Å²) >= 11 is 19.1. The van der Waals surface area contributed by atoms with Crippen molar-refractivity contribution in [1.29, 1.82) is 0 Å². The molecule has 3 amide bonds. The minimum absolute atomic E-state index is 0.0921. The third-order valence-electron chi connectivity index (χ3n) is 5.49. The van der Waals surface area contributed by atoms with Crippen molar-refractivity contribution in [2.24, 2.45) is 0 Å². The van der Waals surface area contributed by atoms with Gasteiger partial charge in [-0.1, -0.05) is 54.2 Å². The van der Waals surface area contributed by atoms with Crippen molar-refractivity contribution in [2.75, 3.05) is 18.5 Å². The van der Waals surface area contributed by atoms with E-state index in [4.69, 9.17) is 44.0 Å². The lowest BCUT2D eigenvalue weighted by Gasteiger charge is -2.13. The van der Waals surface area contributed by atoms with Gasteiger partial charge in [0.15, 0.2) is 0 Å². The smallest absolute Gasteiger partial charge is 0.339 e. The van der Waals surface area contributed by atoms with Crippen LogP contribution in [0.5, 0.6) is 0 Å². The Kier molecular flexibility index (Phi) is 9.40. The maximum Gasteiger partial charge on any atom is 0.339 e. The molecule has 0 bridgehead atoms. The first kappa shape index (κ1) is 28.8. The molecular weight excluding hydrogens is 587 g/mol. The second-order valence-electron chi connectivity index (χ2n) is 8.30. The van der Waals surface area contributed by atoms with Crippen LogP contribution in [0.2, 0.25) is 15.1 Å². The fourth-order valence-corrected chi connectivity index (χ4v) is 4.93. The summed E-state index contributed by atoms with van der Waals surface area (Å²) in [4.78, 5) is 51.2. The third-order valence-corrected chi connectivity index (χ3v) is 7.55. The summed E-state index contributed by atoms with van der Waals surface area (Å²) in [5.41, 5.74) is 0.932. The van der Waals surface area contributed by atoms with Crippen LogP contribution in [0.1, 0.15) is 35.9 Å². The molecule has 1 aromatic heterocycles. The number of carbonyl (C=O) groups is 4. The van der Waals surface area contributed by atoms with Crippen LogP contribution in [0.15, 0.2) is 57.9 Å². The highest BCUT2D eigenvalue weighted by atomic mass is 35.5. The highest BCUT2D eigenvalue weighted by Crippen LogP contribution is 2.36. The normalized spacial score (nSPS) is 14.3. The molecule has 202 valence electrons. The highest BCUT2D eigenvalue weighted by Gasteiger charge is 2.36. The van der Waals surface area contributed by atoms with E-state index in [1.807, 2.05) is 6.92 Å². The molecule has 0 spiro atoms. The third kappa shape index (κ3) is 6.86. The number of furan rings is 1. The topological polar surface area (TPSA) is 106 Å². The predicted molar refractivity (Wildman–Crippen MR) is 152 cm³/mol. The Hall–Kier alpha value is -3.24. The number of rotatable bonds is 9. The summed E-state index contributed by atoms with van der Waals surface area (Å²) in [5.74, 6) is -1.14. The molecule has 1 aliphatic rings. The van der Waals surface area contributed by atoms with E-state index in [9.17, 15) is 19.2 Å². The van der Waals surface area contributed by atoms with Gasteiger partial charge in [0.25, 0.3) is 11.1 Å². The van der Waals surface area contributed by atoms with Gasteiger partial charge in [0.2, 0.25) is 5.91 Å². The molecule has 39 heavy (non-hydrogen) atoms. The van der Waals surface area contributed by atoms with Crippen LogP contribution >= 0.6 is 46.6 Å². The molecule has 1 saturated heterocycles. The lowest BCUT2D eigenvalue weighted by molar-refractivity contribution is -0.127. The van der Waals surface area contributed by atoms with E-state index in [2.05, 4.69) is 5.32 Å². The number of hydrogen-bond donors (Lipinski definition) is 1. The number of unbranched alkanes of at least 4 members (excludes halogenated alkanes) is 1. The molecule has 8 nitrogen and oxygen atoms in total. The Morgan fingerprint density at radius 1 is 1.08 bits per heavy atom. The van der Waals surface area contributed by atoms with Crippen molar-refractivity contribution >= 4 is 81.4 Å². The standard InChI is InChI=1S/C27H21Cl3N2O6S/c1-2-3-11-37-26(35)18-12-15(7-9-19(18)28)31-23(33)14-32-25(34)22(39-27(32)36)13-16-8-10-21(38-16)17-5-4-6-20(29)24(17)30/h4-10,12-13H,2-3,11,14H2,1H3,(H,31,33)/b22-13+. The first-order valence-electron chi connectivity index (χ1n) is 11.7. The molecule has 0 atom stereocenters. The number of nitrogens with zero attached hydrogens (tertiary/aromatic N) is 1. The number of amides is 3. The van der Waals surface area contributed by atoms with Crippen molar-refractivity contribution in [3.63, 3.8) is 0 Å². The number of thioether (sulfide) groups is 1. The largest absolute Gasteiger partial charge is 0.462 e.